The third-order valence-electron chi connectivity index (χ3n) is 5.59. The minimum Gasteiger partial charge on any atom is -0.321 e. The molecule has 0 saturated heterocycles. The molecule has 0 bridgehead atoms. The van der Waals surface area contributed by atoms with Crippen LogP contribution in [-0.2, 0) is 10.0 Å². The second-order valence-corrected chi connectivity index (χ2v) is 9.60. The summed E-state index contributed by atoms with van der Waals surface area (Å²) >= 11 is 0. The summed E-state index contributed by atoms with van der Waals surface area (Å²) in [6.07, 6.45) is 3.87. The van der Waals surface area contributed by atoms with Crippen molar-refractivity contribution in [2.45, 2.75) is 25.7 Å². The molecule has 2 heterocycles. The zero-order chi connectivity index (χ0) is 23.6. The maximum atomic E-state index is 12.9. The van der Waals surface area contributed by atoms with Crippen molar-refractivity contribution in [3.63, 3.8) is 0 Å². The number of sulfonamides is 1. The first-order chi connectivity index (χ1) is 15.8. The van der Waals surface area contributed by atoms with Gasteiger partial charge in [-0.1, -0.05) is 38.1 Å². The summed E-state index contributed by atoms with van der Waals surface area (Å²) in [7, 11) is -3.57. The number of anilines is 1. The van der Waals surface area contributed by atoms with Crippen LogP contribution >= 0.6 is 0 Å². The molecule has 170 valence electrons. The molecule has 1 amide bonds. The van der Waals surface area contributed by atoms with E-state index in [0.717, 1.165) is 22.5 Å². The molecule has 7 nitrogen and oxygen atoms in total. The Hall–Kier alpha value is -3.49. The number of hydrogen-bond donors (Lipinski definition) is 1. The van der Waals surface area contributed by atoms with Crippen LogP contribution in [0.1, 0.15) is 29.8 Å². The van der Waals surface area contributed by atoms with Gasteiger partial charge in [-0.15, -0.1) is 0 Å². The van der Waals surface area contributed by atoms with E-state index >= 15 is 0 Å². The normalized spacial score (nSPS) is 11.8. The number of aryl methyl sites for hydroxylation is 1. The van der Waals surface area contributed by atoms with Crippen molar-refractivity contribution >= 4 is 27.3 Å². The Morgan fingerprint density at radius 1 is 1.00 bits per heavy atom. The van der Waals surface area contributed by atoms with E-state index in [4.69, 9.17) is 4.98 Å². The molecule has 0 unspecified atom stereocenters. The van der Waals surface area contributed by atoms with E-state index in [1.165, 1.54) is 28.6 Å². The highest BCUT2D eigenvalue weighted by Crippen LogP contribution is 2.28. The van der Waals surface area contributed by atoms with Gasteiger partial charge in [-0.05, 0) is 48.9 Å². The highest BCUT2D eigenvalue weighted by atomic mass is 32.2. The average Bonchev–Trinajstić information content (AvgIpc) is 3.26. The highest BCUT2D eigenvalue weighted by molar-refractivity contribution is 7.89. The fourth-order valence-corrected chi connectivity index (χ4v) is 5.24. The standard InChI is InChI=1S/C25H26N4O3S/c1-4-29(5-2)33(31,32)20-14-12-19(13-15-20)25(30)27-22-11-7-6-10-21(22)23-17-28-16-8-9-18(3)24(28)26-23/h6-17H,4-5H2,1-3H3,(H,27,30). The van der Waals surface area contributed by atoms with Crippen molar-refractivity contribution < 1.29 is 13.2 Å². The maximum Gasteiger partial charge on any atom is 0.255 e. The van der Waals surface area contributed by atoms with Gasteiger partial charge in [0.05, 0.1) is 16.3 Å². The maximum absolute atomic E-state index is 12.9. The molecule has 0 aliphatic carbocycles. The van der Waals surface area contributed by atoms with Gasteiger partial charge in [-0.2, -0.15) is 4.31 Å². The van der Waals surface area contributed by atoms with E-state index in [0.29, 0.717) is 24.3 Å². The van der Waals surface area contributed by atoms with E-state index in [-0.39, 0.29) is 10.8 Å². The zero-order valence-corrected chi connectivity index (χ0v) is 19.6. The Bertz CT molecular complexity index is 1410. The van der Waals surface area contributed by atoms with E-state index in [1.54, 1.807) is 13.8 Å². The molecule has 4 rings (SSSR count). The van der Waals surface area contributed by atoms with Crippen LogP contribution in [-0.4, -0.2) is 41.1 Å². The number of amides is 1. The van der Waals surface area contributed by atoms with Gasteiger partial charge in [-0.3, -0.25) is 4.79 Å². The van der Waals surface area contributed by atoms with E-state index < -0.39 is 10.0 Å². The molecule has 8 heteroatoms. The zero-order valence-electron chi connectivity index (χ0n) is 18.8. The number of nitrogens with one attached hydrogen (secondary N) is 1. The van der Waals surface area contributed by atoms with Crippen LogP contribution in [0.5, 0.6) is 0 Å². The van der Waals surface area contributed by atoms with Crippen molar-refractivity contribution in [1.29, 1.82) is 0 Å². The van der Waals surface area contributed by atoms with Crippen LogP contribution in [0.15, 0.2) is 78.0 Å². The molecular weight excluding hydrogens is 436 g/mol. The van der Waals surface area contributed by atoms with Crippen LogP contribution in [0.2, 0.25) is 0 Å². The Labute approximate surface area is 193 Å². The van der Waals surface area contributed by atoms with Crippen molar-refractivity contribution in [1.82, 2.24) is 13.7 Å². The molecule has 0 saturated carbocycles. The van der Waals surface area contributed by atoms with Gasteiger partial charge in [0.25, 0.3) is 5.91 Å². The molecular formula is C25H26N4O3S. The van der Waals surface area contributed by atoms with E-state index in [9.17, 15) is 13.2 Å². The van der Waals surface area contributed by atoms with Gasteiger partial charge in [-0.25, -0.2) is 13.4 Å². The molecule has 0 atom stereocenters. The molecule has 0 aliphatic rings. The summed E-state index contributed by atoms with van der Waals surface area (Å²) in [4.78, 5) is 17.8. The highest BCUT2D eigenvalue weighted by Gasteiger charge is 2.22. The van der Waals surface area contributed by atoms with Crippen LogP contribution in [0.4, 0.5) is 5.69 Å². The van der Waals surface area contributed by atoms with Gasteiger partial charge in [0.2, 0.25) is 10.0 Å². The van der Waals surface area contributed by atoms with Crippen LogP contribution in [0.25, 0.3) is 16.9 Å². The fraction of sp³-hybridized carbons (Fsp3) is 0.200. The number of aromatic nitrogens is 2. The number of pyridine rings is 1. The first-order valence-electron chi connectivity index (χ1n) is 10.8. The SMILES string of the molecule is CCN(CC)S(=O)(=O)c1ccc(C(=O)Nc2ccccc2-c2cn3cccc(C)c3n2)cc1. The first-order valence-corrected chi connectivity index (χ1v) is 12.2. The number of nitrogens with zero attached hydrogens (tertiary/aromatic N) is 3. The lowest BCUT2D eigenvalue weighted by Crippen LogP contribution is -2.30. The van der Waals surface area contributed by atoms with Crippen molar-refractivity contribution in [2.24, 2.45) is 0 Å². The fourth-order valence-electron chi connectivity index (χ4n) is 3.78. The van der Waals surface area contributed by atoms with Gasteiger partial charge in [0.1, 0.15) is 5.65 Å². The Balaban J connectivity index is 1.60. The molecule has 2 aromatic heterocycles. The lowest BCUT2D eigenvalue weighted by Gasteiger charge is -2.18. The molecule has 0 radical (unpaired) electrons. The summed E-state index contributed by atoms with van der Waals surface area (Å²) in [5.41, 5.74) is 4.47. The number of hydrogen-bond acceptors (Lipinski definition) is 4. The number of carbonyl (C=O) groups is 1. The molecule has 33 heavy (non-hydrogen) atoms. The smallest absolute Gasteiger partial charge is 0.255 e. The molecule has 1 N–H and O–H groups in total. The Morgan fingerprint density at radius 2 is 1.70 bits per heavy atom. The third-order valence-corrected chi connectivity index (χ3v) is 7.65. The predicted octanol–water partition coefficient (Wildman–Crippen LogP) is 4.59. The average molecular weight is 463 g/mol. The summed E-state index contributed by atoms with van der Waals surface area (Å²) in [6, 6.07) is 17.4. The van der Waals surface area contributed by atoms with E-state index in [1.807, 2.05) is 60.1 Å². The lowest BCUT2D eigenvalue weighted by molar-refractivity contribution is 0.102. The van der Waals surface area contributed by atoms with Gasteiger partial charge < -0.3 is 9.72 Å². The largest absolute Gasteiger partial charge is 0.321 e. The molecule has 0 fully saturated rings. The van der Waals surface area contributed by atoms with Gasteiger partial charge in [0, 0.05) is 36.6 Å². The van der Waals surface area contributed by atoms with Crippen LogP contribution < -0.4 is 5.32 Å². The second kappa shape index (κ2) is 9.17. The van der Waals surface area contributed by atoms with Crippen LogP contribution in [0, 0.1) is 6.92 Å². The number of fused-ring (bicyclic) bond motifs is 1. The molecule has 2 aromatic carbocycles. The van der Waals surface area contributed by atoms with Crippen molar-refractivity contribution in [3.8, 4) is 11.3 Å². The van der Waals surface area contributed by atoms with Gasteiger partial charge in [0.15, 0.2) is 0 Å². The first kappa shape index (κ1) is 22.7. The number of para-hydroxylation sites is 1. The van der Waals surface area contributed by atoms with Crippen molar-refractivity contribution in [3.05, 3.63) is 84.2 Å². The summed E-state index contributed by atoms with van der Waals surface area (Å²) < 4.78 is 28.7. The molecule has 0 aliphatic heterocycles. The minimum atomic E-state index is -3.57. The lowest BCUT2D eigenvalue weighted by atomic mass is 10.1. The quantitative estimate of drug-likeness (QED) is 0.435. The Kier molecular flexibility index (Phi) is 6.31. The van der Waals surface area contributed by atoms with Crippen molar-refractivity contribution in [2.75, 3.05) is 18.4 Å². The second-order valence-electron chi connectivity index (χ2n) is 7.66. The summed E-state index contributed by atoms with van der Waals surface area (Å²) in [5.74, 6) is -0.325. The van der Waals surface area contributed by atoms with Crippen LogP contribution in [0.3, 0.4) is 0 Å². The Morgan fingerprint density at radius 3 is 2.36 bits per heavy atom. The summed E-state index contributed by atoms with van der Waals surface area (Å²) in [5, 5.41) is 2.94. The molecule has 4 aromatic rings. The summed E-state index contributed by atoms with van der Waals surface area (Å²) in [6.45, 7) is 6.38. The van der Waals surface area contributed by atoms with E-state index in [2.05, 4.69) is 5.32 Å². The predicted molar refractivity (Wildman–Crippen MR) is 130 cm³/mol. The third kappa shape index (κ3) is 4.40. The number of carbonyl (C=O) groups excluding carboxylic acids is 1. The van der Waals surface area contributed by atoms with Gasteiger partial charge >= 0.3 is 0 Å². The monoisotopic (exact) mass is 462 g/mol. The number of rotatable bonds is 7. The number of benzene rings is 2. The topological polar surface area (TPSA) is 83.8 Å². The molecule has 0 spiro atoms. The number of imidazole rings is 1. The minimum absolute atomic E-state index is 0.170.